The molecule has 5 rings (SSSR count). The van der Waals surface area contributed by atoms with Gasteiger partial charge in [0, 0.05) is 13.3 Å². The fourth-order valence-corrected chi connectivity index (χ4v) is 14.3. The molecule has 5 saturated heterocycles. The molecule has 5 heterocycles. The van der Waals surface area contributed by atoms with Crippen molar-refractivity contribution in [2.24, 2.45) is 0 Å². The highest BCUT2D eigenvalue weighted by Crippen LogP contribution is 2.37. The first kappa shape index (κ1) is 92.2. The fraction of sp³-hybridized carbons (Fsp3) is 0.946. The maximum Gasteiger partial charge on any atom is 0.220 e. The van der Waals surface area contributed by atoms with E-state index in [4.69, 9.17) is 47.4 Å². The molecule has 0 aromatic rings. The van der Waals surface area contributed by atoms with Crippen LogP contribution in [0, 0.1) is 0 Å². The molecule has 2 amide bonds. The molecule has 0 aliphatic carbocycles. The van der Waals surface area contributed by atoms with E-state index < -0.39 is 211 Å². The molecule has 10 unspecified atom stereocenters. The predicted octanol–water partition coefficient (Wildman–Crippen LogP) is 1.95. The fourth-order valence-electron chi connectivity index (χ4n) is 14.3. The van der Waals surface area contributed by atoms with E-state index in [1.54, 1.807) is 6.08 Å². The van der Waals surface area contributed by atoms with Gasteiger partial charge in [-0.25, -0.2) is 0 Å². The first-order valence-electron chi connectivity index (χ1n) is 39.5. The molecule has 0 saturated carbocycles. The number of allylic oxidation sites excluding steroid dienone is 1. The van der Waals surface area contributed by atoms with Crippen LogP contribution in [0.5, 0.6) is 0 Å². The van der Waals surface area contributed by atoms with Crippen LogP contribution in [0.1, 0.15) is 239 Å². The lowest BCUT2D eigenvalue weighted by atomic mass is 9.94. The van der Waals surface area contributed by atoms with E-state index >= 15 is 0 Å². The molecule has 27 atom stereocenters. The van der Waals surface area contributed by atoms with Crippen molar-refractivity contribution >= 4 is 11.8 Å². The number of unbranched alkanes of at least 4 members (excludes halogenated alkanes) is 31. The van der Waals surface area contributed by atoms with Gasteiger partial charge in [-0.2, -0.15) is 0 Å². The predicted molar refractivity (Wildman–Crippen MR) is 377 cm³/mol. The summed E-state index contributed by atoms with van der Waals surface area (Å²) in [7, 11) is 0. The van der Waals surface area contributed by atoms with Crippen molar-refractivity contribution in [3.8, 4) is 0 Å². The van der Waals surface area contributed by atoms with E-state index in [0.29, 0.717) is 12.8 Å². The first-order chi connectivity index (χ1) is 50.2. The molecule has 5 aliphatic rings. The van der Waals surface area contributed by atoms with Crippen molar-refractivity contribution < 1.29 is 139 Å². The zero-order chi connectivity index (χ0) is 75.9. The van der Waals surface area contributed by atoms with Crippen LogP contribution < -0.4 is 10.6 Å². The van der Waals surface area contributed by atoms with Gasteiger partial charge in [-0.05, 0) is 19.3 Å². The maximum absolute atomic E-state index is 13.5. The number of carbonyl (C=O) groups excluding carboxylic acids is 2. The van der Waals surface area contributed by atoms with E-state index in [1.807, 2.05) is 6.08 Å². The summed E-state index contributed by atoms with van der Waals surface area (Å²) in [6, 6.07) is -2.62. The number of rotatable bonds is 54. The van der Waals surface area contributed by atoms with Gasteiger partial charge in [-0.1, -0.05) is 219 Å². The first-order valence-corrected chi connectivity index (χ1v) is 39.5. The Balaban J connectivity index is 1.16. The van der Waals surface area contributed by atoms with Crippen LogP contribution in [0.25, 0.3) is 0 Å². The molecule has 610 valence electrons. The molecule has 30 heteroatoms. The number of hydrogen-bond donors (Lipinski definition) is 18. The van der Waals surface area contributed by atoms with Crippen LogP contribution in [0.15, 0.2) is 12.2 Å². The van der Waals surface area contributed by atoms with Gasteiger partial charge in [0.15, 0.2) is 31.5 Å². The smallest absolute Gasteiger partial charge is 0.220 e. The third-order valence-electron chi connectivity index (χ3n) is 20.7. The number of aliphatic hydroxyl groups excluding tert-OH is 16. The minimum absolute atomic E-state index is 0.192. The second-order valence-corrected chi connectivity index (χ2v) is 29.2. The van der Waals surface area contributed by atoms with Gasteiger partial charge in [0.1, 0.15) is 122 Å². The van der Waals surface area contributed by atoms with Crippen LogP contribution in [0.4, 0.5) is 0 Å². The minimum atomic E-state index is -2.23. The number of carbonyl (C=O) groups is 2. The molecule has 0 radical (unpaired) electrons. The van der Waals surface area contributed by atoms with Crippen molar-refractivity contribution in [2.45, 2.75) is 405 Å². The van der Waals surface area contributed by atoms with Gasteiger partial charge >= 0.3 is 0 Å². The molecule has 18 N–H and O–H groups in total. The quantitative estimate of drug-likeness (QED) is 0.0306. The summed E-state index contributed by atoms with van der Waals surface area (Å²) in [5.41, 5.74) is 0. The van der Waals surface area contributed by atoms with Crippen LogP contribution in [0.2, 0.25) is 0 Å². The van der Waals surface area contributed by atoms with E-state index in [0.717, 1.165) is 58.3 Å². The van der Waals surface area contributed by atoms with Gasteiger partial charge in [0.25, 0.3) is 0 Å². The van der Waals surface area contributed by atoms with Crippen LogP contribution in [0.3, 0.4) is 0 Å². The molecule has 104 heavy (non-hydrogen) atoms. The molecule has 0 aromatic carbocycles. The summed E-state index contributed by atoms with van der Waals surface area (Å²) in [6.45, 7) is 0.363. The highest BCUT2D eigenvalue weighted by atomic mass is 16.8. The van der Waals surface area contributed by atoms with Gasteiger partial charge in [-0.15, -0.1) is 0 Å². The summed E-state index contributed by atoms with van der Waals surface area (Å²) < 4.78 is 58.2. The van der Waals surface area contributed by atoms with Gasteiger partial charge < -0.3 is 140 Å². The highest BCUT2D eigenvalue weighted by Gasteiger charge is 2.57. The normalized spacial score (nSPS) is 34.7. The third kappa shape index (κ3) is 30.4. The molecule has 0 bridgehead atoms. The van der Waals surface area contributed by atoms with Crippen molar-refractivity contribution in [3.63, 3.8) is 0 Å². The Morgan fingerprint density at radius 3 is 1.08 bits per heavy atom. The Labute approximate surface area is 615 Å². The average Bonchev–Trinajstić information content (AvgIpc) is 0.776. The molecule has 5 aliphatic heterocycles. The summed E-state index contributed by atoms with van der Waals surface area (Å²) in [5.74, 6) is -1.06. The molecule has 0 aromatic heterocycles. The second kappa shape index (κ2) is 52.0. The lowest BCUT2D eigenvalue weighted by Gasteiger charge is -2.50. The summed E-state index contributed by atoms with van der Waals surface area (Å²) in [5, 5.41) is 182. The lowest BCUT2D eigenvalue weighted by Crippen LogP contribution is -2.69. The Morgan fingerprint density at radius 1 is 0.375 bits per heavy atom. The molecular weight excluding hydrogens is 1360 g/mol. The minimum Gasteiger partial charge on any atom is -0.394 e. The molecule has 30 nitrogen and oxygen atoms in total. The Kier molecular flexibility index (Phi) is 46.1. The Hall–Kier alpha value is -2.36. The Morgan fingerprint density at radius 2 is 0.702 bits per heavy atom. The van der Waals surface area contributed by atoms with E-state index in [-0.39, 0.29) is 12.3 Å². The summed E-state index contributed by atoms with van der Waals surface area (Å²) in [6.07, 6.45) is -3.66. The number of aliphatic hydroxyl groups is 16. The number of ether oxygens (including phenoxy) is 10. The second-order valence-electron chi connectivity index (χ2n) is 29.2. The van der Waals surface area contributed by atoms with E-state index in [1.165, 1.54) is 148 Å². The van der Waals surface area contributed by atoms with E-state index in [2.05, 4.69) is 24.5 Å². The average molecular weight is 1500 g/mol. The van der Waals surface area contributed by atoms with Crippen LogP contribution in [-0.2, 0) is 57.0 Å². The zero-order valence-corrected chi connectivity index (χ0v) is 62.1. The van der Waals surface area contributed by atoms with Crippen LogP contribution in [-0.4, -0.2) is 299 Å². The van der Waals surface area contributed by atoms with Crippen molar-refractivity contribution in [1.82, 2.24) is 10.6 Å². The van der Waals surface area contributed by atoms with Gasteiger partial charge in [0.2, 0.25) is 11.8 Å². The standard InChI is InChI=1S/C74H136N2O28/c1-4-6-8-10-12-14-16-18-19-20-21-22-23-24-25-27-29-31-33-35-37-39-54(84)76-47(48(83)38-36-34-32-30-28-26-17-15-13-11-9-7-5-2)45-95-71-62(91)61(90)66(53(44-81)100-71)101-72-64(93)68(58(87)51(42-79)97-72)103-74-65(94)69(59(88)52(43-80)99-74)104-73-63(92)67(57(86)50(41-78)98-73)102-70-55(75-46(3)82)60(89)56(85)49(40-77)96-70/h36,38,47-53,55-74,77-81,83,85-94H,4-35,37,39-45H2,1-3H3,(H,75,82)(H,76,84)/b38-36+/t47-,48+,49?,50?,51?,52?,53?,55?,56-,57-,58-,59-,60+,61+,62?,63?,64?,65?,66+,67-,68-,69-,70-,71+,72-,73+,74+/m0/s1. The van der Waals surface area contributed by atoms with Crippen molar-refractivity contribution in [1.29, 1.82) is 0 Å². The van der Waals surface area contributed by atoms with Gasteiger partial charge in [-0.3, -0.25) is 9.59 Å². The van der Waals surface area contributed by atoms with Crippen molar-refractivity contribution in [3.05, 3.63) is 12.2 Å². The van der Waals surface area contributed by atoms with Crippen molar-refractivity contribution in [2.75, 3.05) is 39.6 Å². The topological polar surface area (TPSA) is 474 Å². The zero-order valence-electron chi connectivity index (χ0n) is 62.1. The van der Waals surface area contributed by atoms with E-state index in [9.17, 15) is 91.3 Å². The SMILES string of the molecule is CCCCCCCCCCCCC/C=C/[C@@H](O)[C@H](CO[C@@H]1OC(CO)[C@@H](O[C@@H]2OC(CO)[C@H](O)[C@H](O[C@H]3OC(CO)[C@H](O)[C@H](O[C@H]4OC(CO)[C@H](O)[C@H](O[C@@H]5OC(CO)[C@H](O)[C@H](O)C5NC(C)=O)C4O)C3O)C2O)[C@H](O)C1O)NC(=O)CCCCCCCCCCCCCCCCCCCCCCC. The number of amides is 2. The number of hydrogen-bond acceptors (Lipinski definition) is 28. The largest absolute Gasteiger partial charge is 0.394 e. The summed E-state index contributed by atoms with van der Waals surface area (Å²) >= 11 is 0. The summed E-state index contributed by atoms with van der Waals surface area (Å²) in [4.78, 5) is 25.7. The lowest BCUT2D eigenvalue weighted by molar-refractivity contribution is -0.394. The number of nitrogens with one attached hydrogen (secondary N) is 2. The molecule has 5 fully saturated rings. The molecular formula is C74H136N2O28. The highest BCUT2D eigenvalue weighted by molar-refractivity contribution is 5.76. The maximum atomic E-state index is 13.5. The molecule has 0 spiro atoms. The third-order valence-corrected chi connectivity index (χ3v) is 20.7. The van der Waals surface area contributed by atoms with Gasteiger partial charge in [0.05, 0.1) is 51.8 Å². The van der Waals surface area contributed by atoms with Crippen LogP contribution >= 0.6 is 0 Å². The monoisotopic (exact) mass is 1500 g/mol. The Bertz CT molecular complexity index is 2260.